The van der Waals surface area contributed by atoms with Gasteiger partial charge >= 0.3 is 0 Å². The molecule has 0 bridgehead atoms. The molecule has 0 saturated heterocycles. The van der Waals surface area contributed by atoms with Crippen molar-refractivity contribution in [2.24, 2.45) is 9.98 Å². The first-order valence-electron chi connectivity index (χ1n) is 9.78. The molecule has 0 fully saturated rings. The van der Waals surface area contributed by atoms with Gasteiger partial charge in [-0.15, -0.1) is 0 Å². The molecule has 2 nitrogen and oxygen atoms in total. The summed E-state index contributed by atoms with van der Waals surface area (Å²) in [5, 5.41) is 0. The van der Waals surface area contributed by atoms with Crippen LogP contribution < -0.4 is 0 Å². The van der Waals surface area contributed by atoms with Crippen LogP contribution in [0.15, 0.2) is 113 Å². The summed E-state index contributed by atoms with van der Waals surface area (Å²) in [6.07, 6.45) is 7.17. The van der Waals surface area contributed by atoms with Gasteiger partial charge < -0.3 is 0 Å². The van der Waals surface area contributed by atoms with Crippen molar-refractivity contribution in [2.75, 3.05) is 0 Å². The Morgan fingerprint density at radius 1 is 0.786 bits per heavy atom. The van der Waals surface area contributed by atoms with Gasteiger partial charge in [0.25, 0.3) is 0 Å². The van der Waals surface area contributed by atoms with Gasteiger partial charge in [-0.25, -0.2) is 0 Å². The van der Waals surface area contributed by atoms with E-state index in [0.717, 1.165) is 12.1 Å². The van der Waals surface area contributed by atoms with Crippen LogP contribution >= 0.6 is 0 Å². The smallest absolute Gasteiger partial charge is 0.102 e. The largest absolute Gasteiger partial charge is 0.287 e. The van der Waals surface area contributed by atoms with E-state index < -0.39 is 0 Å². The third-order valence-electron chi connectivity index (χ3n) is 5.02. The molecule has 1 aliphatic rings. The Bertz CT molecular complexity index is 918. The summed E-state index contributed by atoms with van der Waals surface area (Å²) in [6, 6.07) is 31.6. The molecule has 0 amide bonds. The summed E-state index contributed by atoms with van der Waals surface area (Å²) in [7, 11) is 0. The second kappa shape index (κ2) is 9.09. The first-order valence-corrected chi connectivity index (χ1v) is 9.78. The van der Waals surface area contributed by atoms with Crippen LogP contribution in [0.2, 0.25) is 0 Å². The van der Waals surface area contributed by atoms with Crippen LogP contribution in [-0.4, -0.2) is 18.0 Å². The van der Waals surface area contributed by atoms with Crippen molar-refractivity contribution < 1.29 is 0 Å². The fourth-order valence-electron chi connectivity index (χ4n) is 3.65. The number of hydrogen-bond acceptors (Lipinski definition) is 2. The van der Waals surface area contributed by atoms with Crippen molar-refractivity contribution in [2.45, 2.75) is 24.9 Å². The Morgan fingerprint density at radius 2 is 1.36 bits per heavy atom. The monoisotopic (exact) mass is 364 g/mol. The van der Waals surface area contributed by atoms with Crippen LogP contribution in [0, 0.1) is 0 Å². The van der Waals surface area contributed by atoms with E-state index in [1.807, 2.05) is 12.3 Å². The number of nitrogens with zero attached hydrogens (tertiary/aromatic N) is 2. The van der Waals surface area contributed by atoms with E-state index >= 15 is 0 Å². The van der Waals surface area contributed by atoms with Crippen LogP contribution in [0.25, 0.3) is 0 Å². The average Bonchev–Trinajstić information content (AvgIpc) is 3.00. The van der Waals surface area contributed by atoms with E-state index in [9.17, 15) is 0 Å². The fraction of sp³-hybridized carbons (Fsp3) is 0.154. The molecular weight excluding hydrogens is 340 g/mol. The topological polar surface area (TPSA) is 24.7 Å². The molecule has 0 aliphatic carbocycles. The third kappa shape index (κ3) is 4.34. The van der Waals surface area contributed by atoms with E-state index in [-0.39, 0.29) is 12.0 Å². The molecule has 0 N–H and O–H groups in total. The van der Waals surface area contributed by atoms with E-state index in [1.165, 1.54) is 16.7 Å². The van der Waals surface area contributed by atoms with Crippen molar-refractivity contribution in [1.29, 1.82) is 0 Å². The molecule has 1 atom stereocenters. The highest BCUT2D eigenvalue weighted by atomic mass is 14.9. The molecule has 0 aromatic heterocycles. The molecule has 4 rings (SSSR count). The summed E-state index contributed by atoms with van der Waals surface area (Å²) in [5.74, 6) is 0.135. The van der Waals surface area contributed by atoms with Crippen LogP contribution in [0.4, 0.5) is 0 Å². The van der Waals surface area contributed by atoms with Gasteiger partial charge in [0.1, 0.15) is 6.04 Å². The number of allylic oxidation sites excluding steroid dienone is 1. The molecule has 2 heteroatoms. The second-order valence-corrected chi connectivity index (χ2v) is 6.94. The van der Waals surface area contributed by atoms with E-state index in [0.29, 0.717) is 6.54 Å². The number of hydrogen-bond donors (Lipinski definition) is 0. The summed E-state index contributed by atoms with van der Waals surface area (Å²) in [5.41, 5.74) is 4.78. The molecule has 3 aromatic rings. The molecule has 0 spiro atoms. The second-order valence-electron chi connectivity index (χ2n) is 6.94. The van der Waals surface area contributed by atoms with Gasteiger partial charge in [0, 0.05) is 18.6 Å². The minimum absolute atomic E-state index is 0.0349. The van der Waals surface area contributed by atoms with Gasteiger partial charge in [-0.3, -0.25) is 9.98 Å². The number of aliphatic imine (C=N–C) groups is 2. The first-order chi connectivity index (χ1) is 13.9. The molecule has 1 unspecified atom stereocenters. The van der Waals surface area contributed by atoms with Crippen molar-refractivity contribution in [3.05, 3.63) is 120 Å². The zero-order valence-corrected chi connectivity index (χ0v) is 15.9. The van der Waals surface area contributed by atoms with Crippen LogP contribution in [0.5, 0.6) is 0 Å². The Labute approximate surface area is 167 Å². The third-order valence-corrected chi connectivity index (χ3v) is 5.02. The maximum absolute atomic E-state index is 4.98. The van der Waals surface area contributed by atoms with Crippen molar-refractivity contribution in [3.63, 3.8) is 0 Å². The fourth-order valence-corrected chi connectivity index (χ4v) is 3.65. The number of benzene rings is 3. The van der Waals surface area contributed by atoms with Crippen molar-refractivity contribution in [3.8, 4) is 0 Å². The molecule has 138 valence electrons. The highest BCUT2D eigenvalue weighted by Crippen LogP contribution is 2.31. The summed E-state index contributed by atoms with van der Waals surface area (Å²) in [4.78, 5) is 9.93. The Balaban J connectivity index is 1.75. The zero-order chi connectivity index (χ0) is 19.0. The molecule has 28 heavy (non-hydrogen) atoms. The summed E-state index contributed by atoms with van der Waals surface area (Å²) >= 11 is 0. The van der Waals surface area contributed by atoms with E-state index in [2.05, 4.69) is 97.1 Å². The van der Waals surface area contributed by atoms with Crippen LogP contribution in [0.1, 0.15) is 29.0 Å². The average molecular weight is 364 g/mol. The summed E-state index contributed by atoms with van der Waals surface area (Å²) in [6.45, 7) is 0.669. The van der Waals surface area contributed by atoms with Crippen LogP contribution in [0.3, 0.4) is 0 Å². The standard InChI is InChI=1S/C26H24N2/c1-4-12-21(13-5-1)20-28-24-18-10-11-19-27-26(24)25(22-14-6-2-7-15-22)23-16-8-3-9-17-23/h1-10,12-19,25-26H,11,20H2. The Morgan fingerprint density at radius 3 is 1.96 bits per heavy atom. The van der Waals surface area contributed by atoms with Gasteiger partial charge in [0.2, 0.25) is 0 Å². The highest BCUT2D eigenvalue weighted by Gasteiger charge is 2.28. The quantitative estimate of drug-likeness (QED) is 0.542. The minimum Gasteiger partial charge on any atom is -0.287 e. The van der Waals surface area contributed by atoms with E-state index in [1.54, 1.807) is 0 Å². The van der Waals surface area contributed by atoms with Gasteiger partial charge in [-0.2, -0.15) is 0 Å². The maximum Gasteiger partial charge on any atom is 0.102 e. The predicted octanol–water partition coefficient (Wildman–Crippen LogP) is 5.86. The van der Waals surface area contributed by atoms with E-state index in [4.69, 9.17) is 9.98 Å². The lowest BCUT2D eigenvalue weighted by atomic mass is 9.83. The molecule has 0 radical (unpaired) electrons. The van der Waals surface area contributed by atoms with Gasteiger partial charge in [0.15, 0.2) is 0 Å². The zero-order valence-electron chi connectivity index (χ0n) is 15.9. The molecule has 3 aromatic carbocycles. The van der Waals surface area contributed by atoms with Gasteiger partial charge in [-0.1, -0.05) is 97.1 Å². The molecule has 1 heterocycles. The van der Waals surface area contributed by atoms with Crippen molar-refractivity contribution >= 4 is 11.9 Å². The summed E-state index contributed by atoms with van der Waals surface area (Å²) < 4.78 is 0. The van der Waals surface area contributed by atoms with Crippen molar-refractivity contribution in [1.82, 2.24) is 0 Å². The van der Waals surface area contributed by atoms with Crippen LogP contribution in [-0.2, 0) is 6.54 Å². The molecular formula is C26H24N2. The molecule has 0 saturated carbocycles. The first kappa shape index (κ1) is 18.1. The Kier molecular flexibility index (Phi) is 5.89. The van der Waals surface area contributed by atoms with Gasteiger partial charge in [0.05, 0.1) is 12.3 Å². The highest BCUT2D eigenvalue weighted by molar-refractivity contribution is 6.02. The predicted molar refractivity (Wildman–Crippen MR) is 118 cm³/mol. The maximum atomic E-state index is 4.98. The number of rotatable bonds is 5. The lowest BCUT2D eigenvalue weighted by Crippen LogP contribution is -2.26. The SMILES string of the molecule is C1=CC(=NCc2ccccc2)C(C(c2ccccc2)c2ccccc2)N=CC1. The minimum atomic E-state index is -0.0349. The normalized spacial score (nSPS) is 17.8. The van der Waals surface area contributed by atoms with Gasteiger partial charge in [-0.05, 0) is 22.8 Å². The lowest BCUT2D eigenvalue weighted by Gasteiger charge is -2.25. The lowest BCUT2D eigenvalue weighted by molar-refractivity contribution is 0.733. The Hall–Kier alpha value is -3.26. The molecule has 1 aliphatic heterocycles.